The molecule has 6 nitrogen and oxygen atoms in total. The number of amides is 1. The second-order valence-electron chi connectivity index (χ2n) is 6.80. The van der Waals surface area contributed by atoms with E-state index in [9.17, 15) is 14.7 Å². The lowest BCUT2D eigenvalue weighted by molar-refractivity contribution is -0.150. The average Bonchev–Trinajstić information content (AvgIpc) is 2.83. The number of ether oxygens (including phenoxy) is 2. The van der Waals surface area contributed by atoms with Crippen molar-refractivity contribution in [3.63, 3.8) is 0 Å². The van der Waals surface area contributed by atoms with Crippen LogP contribution in [0.3, 0.4) is 0 Å². The first-order valence-electron chi connectivity index (χ1n) is 9.09. The third-order valence-electron chi connectivity index (χ3n) is 5.15. The smallest absolute Gasteiger partial charge is 0.409 e. The van der Waals surface area contributed by atoms with Crippen molar-refractivity contribution >= 4 is 12.1 Å². The van der Waals surface area contributed by atoms with Gasteiger partial charge < -0.3 is 19.5 Å². The molecule has 1 unspecified atom stereocenters. The second-order valence-corrected chi connectivity index (χ2v) is 6.80. The van der Waals surface area contributed by atoms with E-state index in [1.54, 1.807) is 0 Å². The molecule has 1 N–H and O–H groups in total. The maximum atomic E-state index is 12.6. The zero-order chi connectivity index (χ0) is 18.8. The van der Waals surface area contributed by atoms with E-state index < -0.39 is 18.2 Å². The molecule has 0 saturated carbocycles. The van der Waals surface area contributed by atoms with Crippen LogP contribution in [0.2, 0.25) is 0 Å². The number of hydrogen-bond donors (Lipinski definition) is 1. The van der Waals surface area contributed by atoms with Crippen molar-refractivity contribution in [3.05, 3.63) is 59.7 Å². The number of hydrogen-bond acceptors (Lipinski definition) is 4. The van der Waals surface area contributed by atoms with Gasteiger partial charge in [-0.1, -0.05) is 48.5 Å². The number of rotatable bonds is 3. The predicted molar refractivity (Wildman–Crippen MR) is 98.6 cm³/mol. The molecule has 0 radical (unpaired) electrons. The first-order chi connectivity index (χ1) is 13.1. The number of carboxylic acid groups (broad SMARTS) is 1. The summed E-state index contributed by atoms with van der Waals surface area (Å²) in [5, 5.41) is 9.18. The number of fused-ring (bicyclic) bond motifs is 3. The topological polar surface area (TPSA) is 76.1 Å². The van der Waals surface area contributed by atoms with E-state index in [1.165, 1.54) is 16.0 Å². The van der Waals surface area contributed by atoms with Crippen molar-refractivity contribution in [2.45, 2.75) is 18.4 Å². The lowest BCUT2D eigenvalue weighted by atomic mass is 9.98. The molecule has 140 valence electrons. The van der Waals surface area contributed by atoms with E-state index in [4.69, 9.17) is 9.47 Å². The summed E-state index contributed by atoms with van der Waals surface area (Å²) in [5.74, 6) is -1.08. The Morgan fingerprint density at radius 1 is 1.07 bits per heavy atom. The predicted octanol–water partition coefficient (Wildman–Crippen LogP) is 3.11. The largest absolute Gasteiger partial charge is 0.479 e. The van der Waals surface area contributed by atoms with Crippen LogP contribution >= 0.6 is 0 Å². The van der Waals surface area contributed by atoms with Crippen molar-refractivity contribution in [1.29, 1.82) is 0 Å². The Morgan fingerprint density at radius 3 is 2.33 bits per heavy atom. The molecule has 4 rings (SSSR count). The fourth-order valence-electron chi connectivity index (χ4n) is 3.83. The average molecular weight is 367 g/mol. The van der Waals surface area contributed by atoms with Crippen LogP contribution in [0, 0.1) is 0 Å². The first-order valence-corrected chi connectivity index (χ1v) is 9.09. The fourth-order valence-corrected chi connectivity index (χ4v) is 3.83. The Bertz CT molecular complexity index is 820. The van der Waals surface area contributed by atoms with Crippen LogP contribution in [-0.2, 0) is 14.3 Å². The highest BCUT2D eigenvalue weighted by atomic mass is 16.6. The Labute approximate surface area is 157 Å². The normalized spacial score (nSPS) is 19.1. The van der Waals surface area contributed by atoms with Crippen LogP contribution in [0.25, 0.3) is 11.1 Å². The third kappa shape index (κ3) is 3.40. The Kier molecular flexibility index (Phi) is 4.81. The van der Waals surface area contributed by atoms with Gasteiger partial charge in [0.1, 0.15) is 6.61 Å². The Balaban J connectivity index is 1.48. The highest BCUT2D eigenvalue weighted by Crippen LogP contribution is 2.44. The maximum Gasteiger partial charge on any atom is 0.409 e. The van der Waals surface area contributed by atoms with Crippen molar-refractivity contribution in [2.75, 3.05) is 26.3 Å². The van der Waals surface area contributed by atoms with Gasteiger partial charge in [-0.25, -0.2) is 9.59 Å². The van der Waals surface area contributed by atoms with Gasteiger partial charge in [0.15, 0.2) is 6.10 Å². The molecule has 6 heteroatoms. The van der Waals surface area contributed by atoms with Crippen LogP contribution in [0.5, 0.6) is 0 Å². The standard InChI is InChI=1S/C21H21NO5/c23-20(24)19-12-22(10-5-11-26-19)21(25)27-13-18-16-8-3-1-6-14(16)15-7-2-4-9-17(15)18/h1-4,6-9,18-19H,5,10-13H2,(H,23,24). The number of carbonyl (C=O) groups is 2. The van der Waals surface area contributed by atoms with E-state index in [1.807, 2.05) is 24.3 Å². The highest BCUT2D eigenvalue weighted by Gasteiger charge is 2.31. The van der Waals surface area contributed by atoms with Crippen LogP contribution in [0.4, 0.5) is 4.79 Å². The minimum atomic E-state index is -1.06. The summed E-state index contributed by atoms with van der Waals surface area (Å²) in [5.41, 5.74) is 4.63. The van der Waals surface area contributed by atoms with Gasteiger partial charge in [-0.3, -0.25) is 0 Å². The summed E-state index contributed by atoms with van der Waals surface area (Å²) >= 11 is 0. The summed E-state index contributed by atoms with van der Waals surface area (Å²) < 4.78 is 10.9. The van der Waals surface area contributed by atoms with Gasteiger partial charge in [-0.15, -0.1) is 0 Å². The van der Waals surface area contributed by atoms with Gasteiger partial charge in [-0.2, -0.15) is 0 Å². The molecule has 1 heterocycles. The molecule has 1 amide bonds. The van der Waals surface area contributed by atoms with Gasteiger partial charge in [0.25, 0.3) is 0 Å². The number of nitrogens with zero attached hydrogens (tertiary/aromatic N) is 1. The van der Waals surface area contributed by atoms with Crippen molar-refractivity contribution in [2.24, 2.45) is 0 Å². The van der Waals surface area contributed by atoms with Crippen LogP contribution < -0.4 is 0 Å². The van der Waals surface area contributed by atoms with Gasteiger partial charge in [0.2, 0.25) is 0 Å². The molecule has 1 aliphatic carbocycles. The van der Waals surface area contributed by atoms with E-state index in [-0.39, 0.29) is 19.1 Å². The number of carboxylic acids is 1. The summed E-state index contributed by atoms with van der Waals surface area (Å²) in [6.07, 6.45) is -0.907. The molecule has 1 saturated heterocycles. The van der Waals surface area contributed by atoms with E-state index >= 15 is 0 Å². The highest BCUT2D eigenvalue weighted by molar-refractivity contribution is 5.79. The Hall–Kier alpha value is -2.86. The van der Waals surface area contributed by atoms with Gasteiger partial charge in [0.05, 0.1) is 6.54 Å². The first kappa shape index (κ1) is 17.5. The zero-order valence-corrected chi connectivity index (χ0v) is 14.8. The number of benzene rings is 2. The van der Waals surface area contributed by atoms with Crippen molar-refractivity contribution in [3.8, 4) is 11.1 Å². The SMILES string of the molecule is O=C(O)C1CN(C(=O)OCC2c3ccccc3-c3ccccc32)CCCO1. The lowest BCUT2D eigenvalue weighted by Crippen LogP contribution is -2.40. The monoisotopic (exact) mass is 367 g/mol. The quantitative estimate of drug-likeness (QED) is 0.902. The molecular formula is C21H21NO5. The summed E-state index contributed by atoms with van der Waals surface area (Å²) in [6, 6.07) is 16.3. The summed E-state index contributed by atoms with van der Waals surface area (Å²) in [6.45, 7) is 0.985. The van der Waals surface area contributed by atoms with Crippen molar-refractivity contribution in [1.82, 2.24) is 4.90 Å². The van der Waals surface area contributed by atoms with Gasteiger partial charge in [0, 0.05) is 19.1 Å². The molecule has 0 aromatic heterocycles. The molecule has 27 heavy (non-hydrogen) atoms. The van der Waals surface area contributed by atoms with E-state index in [0.29, 0.717) is 19.6 Å². The number of aliphatic carboxylic acids is 1. The summed E-state index contributed by atoms with van der Waals surface area (Å²) in [4.78, 5) is 25.2. The molecule has 2 aromatic carbocycles. The lowest BCUT2D eigenvalue weighted by Gasteiger charge is -2.23. The third-order valence-corrected chi connectivity index (χ3v) is 5.15. The second kappa shape index (κ2) is 7.40. The molecule has 0 bridgehead atoms. The zero-order valence-electron chi connectivity index (χ0n) is 14.8. The van der Waals surface area contributed by atoms with Crippen molar-refractivity contribution < 1.29 is 24.2 Å². The molecule has 1 fully saturated rings. The fraction of sp³-hybridized carbons (Fsp3) is 0.333. The number of carbonyl (C=O) groups excluding carboxylic acids is 1. The molecule has 0 spiro atoms. The minimum Gasteiger partial charge on any atom is -0.479 e. The van der Waals surface area contributed by atoms with Crippen LogP contribution in [0.15, 0.2) is 48.5 Å². The minimum absolute atomic E-state index is 0.00596. The van der Waals surface area contributed by atoms with E-state index in [0.717, 1.165) is 11.1 Å². The van der Waals surface area contributed by atoms with Crippen LogP contribution in [0.1, 0.15) is 23.5 Å². The maximum absolute atomic E-state index is 12.6. The molecule has 1 aliphatic heterocycles. The molecule has 2 aromatic rings. The molecular weight excluding hydrogens is 346 g/mol. The molecule has 2 aliphatic rings. The van der Waals surface area contributed by atoms with E-state index in [2.05, 4.69) is 24.3 Å². The Morgan fingerprint density at radius 2 is 1.70 bits per heavy atom. The van der Waals surface area contributed by atoms with Gasteiger partial charge in [-0.05, 0) is 28.7 Å². The van der Waals surface area contributed by atoms with Gasteiger partial charge >= 0.3 is 12.1 Å². The summed E-state index contributed by atoms with van der Waals surface area (Å²) in [7, 11) is 0. The molecule has 1 atom stereocenters. The van der Waals surface area contributed by atoms with Crippen LogP contribution in [-0.4, -0.2) is 54.5 Å².